The van der Waals surface area contributed by atoms with Gasteiger partial charge in [-0.2, -0.15) is 0 Å². The molecule has 108 valence electrons. The molecule has 0 radical (unpaired) electrons. The van der Waals surface area contributed by atoms with Crippen LogP contribution in [-0.2, 0) is 4.74 Å². The van der Waals surface area contributed by atoms with E-state index in [1.807, 2.05) is 6.26 Å². The van der Waals surface area contributed by atoms with E-state index >= 15 is 0 Å². The average molecular weight is 300 g/mol. The molecule has 1 aliphatic heterocycles. The van der Waals surface area contributed by atoms with Gasteiger partial charge in [0, 0.05) is 0 Å². The lowest BCUT2D eigenvalue weighted by Gasteiger charge is -2.14. The lowest BCUT2D eigenvalue weighted by Crippen LogP contribution is -2.30. The van der Waals surface area contributed by atoms with Gasteiger partial charge in [-0.05, 0) is 6.26 Å². The van der Waals surface area contributed by atoms with Crippen molar-refractivity contribution >= 4 is 22.9 Å². The number of hydrogen-bond donors (Lipinski definition) is 2. The van der Waals surface area contributed by atoms with Crippen molar-refractivity contribution in [1.82, 2.24) is 19.5 Å². The highest BCUT2D eigenvalue weighted by molar-refractivity contribution is 7.98. The van der Waals surface area contributed by atoms with Crippen LogP contribution in [-0.4, -0.2) is 61.0 Å². The van der Waals surface area contributed by atoms with Crippen molar-refractivity contribution in [3.63, 3.8) is 0 Å². The van der Waals surface area contributed by atoms with Crippen LogP contribution in [0.15, 0.2) is 17.7 Å². The number of thioether (sulfide) groups is 1. The van der Waals surface area contributed by atoms with Crippen LogP contribution in [0.3, 0.4) is 0 Å². The highest BCUT2D eigenvalue weighted by Gasteiger charge is 2.45. The zero-order valence-corrected chi connectivity index (χ0v) is 11.4. The van der Waals surface area contributed by atoms with E-state index in [-0.39, 0.29) is 0 Å². The molecule has 3 rings (SSSR count). The molecule has 20 heavy (non-hydrogen) atoms. The van der Waals surface area contributed by atoms with Gasteiger partial charge < -0.3 is 14.9 Å². The molecule has 0 spiro atoms. The van der Waals surface area contributed by atoms with E-state index in [2.05, 4.69) is 15.0 Å². The molecule has 1 saturated heterocycles. The number of rotatable bonds is 3. The summed E-state index contributed by atoms with van der Waals surface area (Å²) < 4.78 is 20.9. The number of aromatic nitrogens is 4. The maximum atomic E-state index is 14.1. The minimum atomic E-state index is -1.66. The zero-order chi connectivity index (χ0) is 14.3. The maximum Gasteiger partial charge on any atom is 0.173 e. The number of ether oxygens (including phenoxy) is 1. The molecule has 2 aromatic heterocycles. The molecule has 1 aliphatic rings. The monoisotopic (exact) mass is 300 g/mol. The fraction of sp³-hybridized carbons (Fsp3) is 0.545. The minimum Gasteiger partial charge on any atom is -0.394 e. The highest BCUT2D eigenvalue weighted by atomic mass is 32.2. The Hall–Kier alpha value is -1.29. The van der Waals surface area contributed by atoms with Crippen LogP contribution >= 0.6 is 11.8 Å². The van der Waals surface area contributed by atoms with E-state index in [0.717, 1.165) is 0 Å². The van der Waals surface area contributed by atoms with Crippen LogP contribution in [0.1, 0.15) is 6.23 Å². The fourth-order valence-electron chi connectivity index (χ4n) is 2.24. The highest BCUT2D eigenvalue weighted by Crippen LogP contribution is 2.34. The second kappa shape index (κ2) is 5.24. The summed E-state index contributed by atoms with van der Waals surface area (Å²) in [4.78, 5) is 12.3. The van der Waals surface area contributed by atoms with E-state index in [4.69, 9.17) is 9.84 Å². The van der Waals surface area contributed by atoms with Crippen molar-refractivity contribution in [2.75, 3.05) is 12.9 Å². The minimum absolute atomic E-state index is 0.433. The van der Waals surface area contributed by atoms with E-state index in [0.29, 0.717) is 16.2 Å². The molecule has 0 aliphatic carbocycles. The Morgan fingerprint density at radius 3 is 2.90 bits per heavy atom. The van der Waals surface area contributed by atoms with E-state index in [9.17, 15) is 9.50 Å². The molecular formula is C11H13FN4O3S. The number of aliphatic hydroxyl groups excluding tert-OH is 2. The van der Waals surface area contributed by atoms with Gasteiger partial charge >= 0.3 is 0 Å². The third-order valence-electron chi connectivity index (χ3n) is 3.27. The topological polar surface area (TPSA) is 93.3 Å². The van der Waals surface area contributed by atoms with Crippen molar-refractivity contribution < 1.29 is 19.3 Å². The van der Waals surface area contributed by atoms with Gasteiger partial charge in [0.1, 0.15) is 29.1 Å². The largest absolute Gasteiger partial charge is 0.394 e. The number of imidazole rings is 1. The SMILES string of the molecule is CSc1ncnc2c1ncn2[C@@H]1O[C@H](CO)[C@@H](O)[C@@H]1F. The van der Waals surface area contributed by atoms with Crippen LogP contribution in [0.25, 0.3) is 11.2 Å². The summed E-state index contributed by atoms with van der Waals surface area (Å²) in [6.07, 6.45) is -0.402. The smallest absolute Gasteiger partial charge is 0.173 e. The van der Waals surface area contributed by atoms with Gasteiger partial charge in [-0.15, -0.1) is 11.8 Å². The van der Waals surface area contributed by atoms with Gasteiger partial charge in [-0.3, -0.25) is 4.57 Å². The Morgan fingerprint density at radius 1 is 1.45 bits per heavy atom. The molecular weight excluding hydrogens is 287 g/mol. The third-order valence-corrected chi connectivity index (χ3v) is 3.95. The van der Waals surface area contributed by atoms with Crippen molar-refractivity contribution in [1.29, 1.82) is 0 Å². The molecule has 9 heteroatoms. The molecule has 0 unspecified atom stereocenters. The Bertz CT molecular complexity index is 625. The van der Waals surface area contributed by atoms with Gasteiger partial charge in [-0.1, -0.05) is 0 Å². The van der Waals surface area contributed by atoms with Gasteiger partial charge in [0.05, 0.1) is 12.9 Å². The summed E-state index contributed by atoms with van der Waals surface area (Å²) in [5.41, 5.74) is 0.987. The van der Waals surface area contributed by atoms with Crippen molar-refractivity contribution in [3.05, 3.63) is 12.7 Å². The molecule has 0 bridgehead atoms. The Labute approximate surface area is 117 Å². The summed E-state index contributed by atoms with van der Waals surface area (Å²) in [6, 6.07) is 0. The summed E-state index contributed by atoms with van der Waals surface area (Å²) in [5, 5.41) is 19.4. The molecule has 0 saturated carbocycles. The van der Waals surface area contributed by atoms with Crippen LogP contribution < -0.4 is 0 Å². The van der Waals surface area contributed by atoms with Gasteiger partial charge in [0.25, 0.3) is 0 Å². The third kappa shape index (κ3) is 1.97. The second-order valence-corrected chi connectivity index (χ2v) is 5.18. The molecule has 0 amide bonds. The molecule has 7 nitrogen and oxygen atoms in total. The lowest BCUT2D eigenvalue weighted by molar-refractivity contribution is -0.0459. The molecule has 2 N–H and O–H groups in total. The molecule has 1 fully saturated rings. The molecule has 3 heterocycles. The second-order valence-electron chi connectivity index (χ2n) is 4.39. The predicted octanol–water partition coefficient (Wildman–Crippen LogP) is 0.137. The normalized spacial score (nSPS) is 30.2. The van der Waals surface area contributed by atoms with Crippen molar-refractivity contribution in [2.45, 2.75) is 29.6 Å². The number of fused-ring (bicyclic) bond motifs is 1. The van der Waals surface area contributed by atoms with Crippen LogP contribution in [0.2, 0.25) is 0 Å². The van der Waals surface area contributed by atoms with Crippen LogP contribution in [0.5, 0.6) is 0 Å². The number of alkyl halides is 1. The first kappa shape index (κ1) is 13.7. The summed E-state index contributed by atoms with van der Waals surface area (Å²) in [7, 11) is 0. The zero-order valence-electron chi connectivity index (χ0n) is 10.5. The fourth-order valence-corrected chi connectivity index (χ4v) is 2.73. The number of hydrogen-bond acceptors (Lipinski definition) is 7. The number of aliphatic hydroxyl groups is 2. The maximum absolute atomic E-state index is 14.1. The average Bonchev–Trinajstić information content (AvgIpc) is 3.01. The molecule has 2 aromatic rings. The van der Waals surface area contributed by atoms with Gasteiger partial charge in [0.15, 0.2) is 18.0 Å². The number of halogens is 1. The first-order valence-corrected chi connectivity index (χ1v) is 7.19. The van der Waals surface area contributed by atoms with Crippen molar-refractivity contribution in [2.24, 2.45) is 0 Å². The van der Waals surface area contributed by atoms with E-state index in [1.165, 1.54) is 29.0 Å². The van der Waals surface area contributed by atoms with Crippen LogP contribution in [0, 0.1) is 0 Å². The van der Waals surface area contributed by atoms with Gasteiger partial charge in [0.2, 0.25) is 0 Å². The molecule has 4 atom stereocenters. The summed E-state index contributed by atoms with van der Waals surface area (Å²) >= 11 is 1.41. The Balaban J connectivity index is 2.03. The Morgan fingerprint density at radius 2 is 2.25 bits per heavy atom. The number of nitrogens with zero attached hydrogens (tertiary/aromatic N) is 4. The van der Waals surface area contributed by atoms with E-state index in [1.54, 1.807) is 0 Å². The lowest BCUT2D eigenvalue weighted by atomic mass is 10.1. The van der Waals surface area contributed by atoms with Crippen LogP contribution in [0.4, 0.5) is 4.39 Å². The predicted molar refractivity (Wildman–Crippen MR) is 69.0 cm³/mol. The van der Waals surface area contributed by atoms with Gasteiger partial charge in [-0.25, -0.2) is 19.3 Å². The quantitative estimate of drug-likeness (QED) is 0.615. The van der Waals surface area contributed by atoms with E-state index < -0.39 is 31.2 Å². The summed E-state index contributed by atoms with van der Waals surface area (Å²) in [6.45, 7) is -0.449. The standard InChI is InChI=1S/C11H13FN4O3S/c1-20-10-7-9(13-3-14-10)16(4-15-7)11-6(12)8(18)5(2-17)19-11/h3-6,8,11,17-18H,2H2,1H3/t5-,6+,8-,11-/m1/s1. The first-order valence-electron chi connectivity index (χ1n) is 5.97. The van der Waals surface area contributed by atoms with Crippen molar-refractivity contribution in [3.8, 4) is 0 Å². The first-order chi connectivity index (χ1) is 9.67. The molecule has 0 aromatic carbocycles. The Kier molecular flexibility index (Phi) is 3.59. The summed E-state index contributed by atoms with van der Waals surface area (Å²) in [5.74, 6) is 0.